The van der Waals surface area contributed by atoms with E-state index in [4.69, 9.17) is 4.74 Å². The van der Waals surface area contributed by atoms with Gasteiger partial charge in [0.1, 0.15) is 11.6 Å². The summed E-state index contributed by atoms with van der Waals surface area (Å²) in [6, 6.07) is -0.791. The van der Waals surface area contributed by atoms with Gasteiger partial charge in [0.25, 0.3) is 0 Å². The smallest absolute Gasteiger partial charge is 0.249 e. The molecule has 214 valence electrons. The number of hydrogen-bond acceptors (Lipinski definition) is 5. The van der Waals surface area contributed by atoms with E-state index in [1.807, 2.05) is 4.90 Å². The molecule has 3 fully saturated rings. The minimum Gasteiger partial charge on any atom is -0.396 e. The van der Waals surface area contributed by atoms with E-state index in [0.29, 0.717) is 45.3 Å². The Hall–Kier alpha value is -2.19. The number of fused-ring (bicyclic) bond motifs is 1. The summed E-state index contributed by atoms with van der Waals surface area (Å²) in [6.07, 6.45) is 7.10. The quantitative estimate of drug-likeness (QED) is 0.291. The number of aliphatic hydroxyl groups excluding tert-OH is 1. The molecule has 2 unspecified atom stereocenters. The Balaban J connectivity index is 2.04. The van der Waals surface area contributed by atoms with Crippen molar-refractivity contribution in [3.05, 3.63) is 25.3 Å². The van der Waals surface area contributed by atoms with E-state index in [-0.39, 0.29) is 35.8 Å². The summed E-state index contributed by atoms with van der Waals surface area (Å²) in [4.78, 5) is 47.4. The van der Waals surface area contributed by atoms with E-state index in [1.165, 1.54) is 0 Å². The third-order valence-corrected chi connectivity index (χ3v) is 8.43. The van der Waals surface area contributed by atoms with Crippen LogP contribution in [0.15, 0.2) is 25.3 Å². The second kappa shape index (κ2) is 11.5. The van der Waals surface area contributed by atoms with Crippen LogP contribution in [0.2, 0.25) is 0 Å². The second-order valence-electron chi connectivity index (χ2n) is 13.2. The van der Waals surface area contributed by atoms with Gasteiger partial charge in [0.15, 0.2) is 0 Å². The predicted octanol–water partition coefficient (Wildman–Crippen LogP) is 3.40. The fourth-order valence-electron chi connectivity index (χ4n) is 7.37. The number of carbonyl (C=O) groups is 3. The maximum Gasteiger partial charge on any atom is 0.249 e. The van der Waals surface area contributed by atoms with Crippen LogP contribution < -0.4 is 0 Å². The first-order valence-corrected chi connectivity index (χ1v) is 14.1. The van der Waals surface area contributed by atoms with Gasteiger partial charge in [-0.1, -0.05) is 32.9 Å². The van der Waals surface area contributed by atoms with E-state index in [9.17, 15) is 19.5 Å². The minimum atomic E-state index is -1.01. The average molecular weight is 532 g/mol. The van der Waals surface area contributed by atoms with Crippen molar-refractivity contribution in [2.75, 3.05) is 33.3 Å². The number of hydrogen-bond donors (Lipinski definition) is 1. The summed E-state index contributed by atoms with van der Waals surface area (Å²) in [6.45, 7) is 19.5. The van der Waals surface area contributed by atoms with Gasteiger partial charge >= 0.3 is 0 Å². The summed E-state index contributed by atoms with van der Waals surface area (Å²) in [7, 11) is 1.72. The molecule has 38 heavy (non-hydrogen) atoms. The normalized spacial score (nSPS) is 28.4. The average Bonchev–Trinajstić information content (AvgIpc) is 3.45. The number of likely N-dealkylation sites (tertiary alicyclic amines) is 1. The van der Waals surface area contributed by atoms with E-state index in [1.54, 1.807) is 29.0 Å². The van der Waals surface area contributed by atoms with E-state index >= 15 is 0 Å². The highest BCUT2D eigenvalue weighted by atomic mass is 16.5. The van der Waals surface area contributed by atoms with Crippen molar-refractivity contribution in [3.8, 4) is 0 Å². The third kappa shape index (κ3) is 5.57. The van der Waals surface area contributed by atoms with Crippen LogP contribution in [0.25, 0.3) is 0 Å². The van der Waals surface area contributed by atoms with Gasteiger partial charge in [0.05, 0.1) is 17.9 Å². The molecule has 3 heterocycles. The fraction of sp³-hybridized carbons (Fsp3) is 0.767. The van der Waals surface area contributed by atoms with Crippen molar-refractivity contribution in [3.63, 3.8) is 0 Å². The van der Waals surface area contributed by atoms with Gasteiger partial charge in [-0.05, 0) is 57.8 Å². The highest BCUT2D eigenvalue weighted by Crippen LogP contribution is 2.59. The zero-order chi connectivity index (χ0) is 28.5. The lowest BCUT2D eigenvalue weighted by Gasteiger charge is -2.45. The molecule has 3 aliphatic heterocycles. The topological polar surface area (TPSA) is 90.4 Å². The van der Waals surface area contributed by atoms with Crippen LogP contribution in [-0.2, 0) is 19.1 Å². The van der Waals surface area contributed by atoms with Gasteiger partial charge < -0.3 is 24.5 Å². The van der Waals surface area contributed by atoms with E-state index in [0.717, 1.165) is 12.8 Å². The highest BCUT2D eigenvalue weighted by Gasteiger charge is 2.75. The SMILES string of the molecule is C=CCN(C)C(=O)[C@@H]1[C@H]2C(=O)N(CCCCCO)C(C(=O)N(CC=C)C(C)(C)CC(C)(C)C)C23CC[C@H]1O3. The Bertz CT molecular complexity index is 925. The molecule has 0 aromatic carbocycles. The molecule has 8 heteroatoms. The molecule has 3 saturated heterocycles. The monoisotopic (exact) mass is 531 g/mol. The number of likely N-dealkylation sites (N-methyl/N-ethyl adjacent to an activating group) is 1. The maximum atomic E-state index is 14.6. The molecule has 0 aromatic rings. The molecule has 1 N–H and O–H groups in total. The van der Waals surface area contributed by atoms with E-state index in [2.05, 4.69) is 47.8 Å². The number of ether oxygens (including phenoxy) is 1. The molecule has 3 aliphatic rings. The van der Waals surface area contributed by atoms with Crippen LogP contribution in [-0.4, -0.2) is 94.1 Å². The summed E-state index contributed by atoms with van der Waals surface area (Å²) in [5.74, 6) is -1.70. The Morgan fingerprint density at radius 1 is 1.11 bits per heavy atom. The first-order chi connectivity index (χ1) is 17.8. The van der Waals surface area contributed by atoms with Crippen LogP contribution in [0.3, 0.4) is 0 Å². The molecular formula is C30H49N3O5. The third-order valence-electron chi connectivity index (χ3n) is 8.43. The number of amides is 3. The zero-order valence-corrected chi connectivity index (χ0v) is 24.4. The second-order valence-corrected chi connectivity index (χ2v) is 13.2. The molecule has 0 aliphatic carbocycles. The van der Waals surface area contributed by atoms with Crippen molar-refractivity contribution < 1.29 is 24.2 Å². The molecule has 1 spiro atoms. The molecule has 8 nitrogen and oxygen atoms in total. The molecular weight excluding hydrogens is 482 g/mol. The van der Waals surface area contributed by atoms with Gasteiger partial charge in [-0.3, -0.25) is 14.4 Å². The van der Waals surface area contributed by atoms with Crippen LogP contribution in [0, 0.1) is 17.3 Å². The Morgan fingerprint density at radius 2 is 1.76 bits per heavy atom. The molecule has 5 atom stereocenters. The zero-order valence-electron chi connectivity index (χ0n) is 24.4. The van der Waals surface area contributed by atoms with Crippen LogP contribution in [0.1, 0.15) is 73.1 Å². The molecule has 2 bridgehead atoms. The summed E-state index contributed by atoms with van der Waals surface area (Å²) in [5, 5.41) is 9.25. The van der Waals surface area contributed by atoms with Crippen molar-refractivity contribution in [1.82, 2.24) is 14.7 Å². The number of unbranched alkanes of at least 4 members (excludes halogenated alkanes) is 2. The van der Waals surface area contributed by atoms with Gasteiger partial charge in [0.2, 0.25) is 17.7 Å². The largest absolute Gasteiger partial charge is 0.396 e. The number of nitrogens with zero attached hydrogens (tertiary/aromatic N) is 3. The number of rotatable bonds is 13. The van der Waals surface area contributed by atoms with Crippen LogP contribution in [0.5, 0.6) is 0 Å². The fourth-order valence-corrected chi connectivity index (χ4v) is 7.37. The Kier molecular flexibility index (Phi) is 9.19. The number of aliphatic hydroxyl groups is 1. The first-order valence-electron chi connectivity index (χ1n) is 14.1. The minimum absolute atomic E-state index is 0.0188. The first kappa shape index (κ1) is 30.4. The van der Waals surface area contributed by atoms with Gasteiger partial charge in [-0.2, -0.15) is 0 Å². The molecule has 3 amide bonds. The standard InChI is InChI=1S/C30H49N3O5/c1-9-16-31(8)25(35)22-21-14-15-30(38-21)23(22)26(36)32(18-12-11-13-19-34)24(30)27(37)33(17-10-2)29(6,7)20-28(3,4)5/h9-10,21-24,34H,1-2,11-20H2,3-8H3/t21-,22+,23+,24?,30?/m1/s1. The Morgan fingerprint density at radius 3 is 2.34 bits per heavy atom. The summed E-state index contributed by atoms with van der Waals surface area (Å²) >= 11 is 0. The van der Waals surface area contributed by atoms with Gasteiger partial charge in [-0.25, -0.2) is 0 Å². The van der Waals surface area contributed by atoms with Gasteiger partial charge in [-0.15, -0.1) is 13.2 Å². The summed E-state index contributed by atoms with van der Waals surface area (Å²) in [5.41, 5.74) is -1.52. The summed E-state index contributed by atoms with van der Waals surface area (Å²) < 4.78 is 6.60. The molecule has 0 aromatic heterocycles. The predicted molar refractivity (Wildman–Crippen MR) is 148 cm³/mol. The van der Waals surface area contributed by atoms with Crippen molar-refractivity contribution in [2.24, 2.45) is 17.3 Å². The van der Waals surface area contributed by atoms with Crippen molar-refractivity contribution >= 4 is 17.7 Å². The van der Waals surface area contributed by atoms with Crippen molar-refractivity contribution in [2.45, 2.75) is 96.4 Å². The molecule has 3 rings (SSSR count). The molecule has 0 saturated carbocycles. The van der Waals surface area contributed by atoms with E-state index < -0.39 is 29.0 Å². The highest BCUT2D eigenvalue weighted by molar-refractivity contribution is 5.99. The Labute approximate surface area is 229 Å². The van der Waals surface area contributed by atoms with Crippen LogP contribution in [0.4, 0.5) is 0 Å². The lowest BCUT2D eigenvalue weighted by molar-refractivity contribution is -0.153. The maximum absolute atomic E-state index is 14.6. The number of carbonyl (C=O) groups excluding carboxylic acids is 3. The van der Waals surface area contributed by atoms with Crippen LogP contribution >= 0.6 is 0 Å². The van der Waals surface area contributed by atoms with Gasteiger partial charge in [0, 0.05) is 38.8 Å². The lowest BCUT2D eigenvalue weighted by atomic mass is 9.70. The lowest BCUT2D eigenvalue weighted by Crippen LogP contribution is -2.61. The molecule has 0 radical (unpaired) electrons. The van der Waals surface area contributed by atoms with Crippen molar-refractivity contribution in [1.29, 1.82) is 0 Å².